The maximum atomic E-state index is 12.9. The Hall–Kier alpha value is -3.15. The van der Waals surface area contributed by atoms with E-state index < -0.39 is 12.0 Å². The highest BCUT2D eigenvalue weighted by Gasteiger charge is 2.35. The minimum absolute atomic E-state index is 0.00156. The van der Waals surface area contributed by atoms with E-state index in [1.165, 1.54) is 12.0 Å². The number of carbonyl (C=O) groups is 3. The fourth-order valence-electron chi connectivity index (χ4n) is 3.61. The number of hydrogen-bond acceptors (Lipinski definition) is 4. The fourth-order valence-corrected chi connectivity index (χ4v) is 3.61. The fraction of sp³-hybridized carbons (Fsp3) is 0.375. The van der Waals surface area contributed by atoms with Crippen LogP contribution in [0.25, 0.3) is 0 Å². The molecular weight excluding hydrogens is 380 g/mol. The van der Waals surface area contributed by atoms with Crippen LogP contribution >= 0.6 is 0 Å². The number of hydrogen-bond donors (Lipinski definition) is 1. The van der Waals surface area contributed by atoms with Gasteiger partial charge in [0.05, 0.1) is 13.7 Å². The molecule has 1 atom stereocenters. The molecule has 1 aliphatic heterocycles. The Balaban J connectivity index is 1.68. The molecular formula is C24H28N2O4. The summed E-state index contributed by atoms with van der Waals surface area (Å²) < 4.78 is 4.90. The van der Waals surface area contributed by atoms with Gasteiger partial charge in [0.1, 0.15) is 6.04 Å². The molecule has 1 N–H and O–H groups in total. The third-order valence-corrected chi connectivity index (χ3v) is 5.46. The average molecular weight is 408 g/mol. The minimum Gasteiger partial charge on any atom is -0.467 e. The summed E-state index contributed by atoms with van der Waals surface area (Å²) in [6.45, 7) is 6.44. The van der Waals surface area contributed by atoms with Crippen molar-refractivity contribution >= 4 is 17.8 Å². The van der Waals surface area contributed by atoms with Gasteiger partial charge in [-0.1, -0.05) is 57.2 Å². The van der Waals surface area contributed by atoms with E-state index in [-0.39, 0.29) is 23.8 Å². The summed E-state index contributed by atoms with van der Waals surface area (Å²) in [5, 5.41) is 2.67. The topological polar surface area (TPSA) is 75.7 Å². The van der Waals surface area contributed by atoms with E-state index in [0.29, 0.717) is 18.5 Å². The van der Waals surface area contributed by atoms with Gasteiger partial charge >= 0.3 is 5.97 Å². The number of fused-ring (bicyclic) bond motifs is 1. The molecule has 2 aromatic carbocycles. The summed E-state index contributed by atoms with van der Waals surface area (Å²) in [6.07, 6.45) is 0.400. The SMILES string of the molecule is COC(=O)C1Cc2ccccc2CN1C(=O)CNC(=O)c1ccc(C(C)(C)C)cc1. The lowest BCUT2D eigenvalue weighted by atomic mass is 9.87. The molecule has 0 aromatic heterocycles. The van der Waals surface area contributed by atoms with E-state index in [9.17, 15) is 14.4 Å². The lowest BCUT2D eigenvalue weighted by molar-refractivity contribution is -0.153. The molecule has 1 unspecified atom stereocenters. The third kappa shape index (κ3) is 4.70. The van der Waals surface area contributed by atoms with Gasteiger partial charge in [0, 0.05) is 18.5 Å². The molecule has 0 bridgehead atoms. The quantitative estimate of drug-likeness (QED) is 0.790. The number of benzene rings is 2. The van der Waals surface area contributed by atoms with Crippen LogP contribution in [-0.4, -0.2) is 42.4 Å². The summed E-state index contributed by atoms with van der Waals surface area (Å²) >= 11 is 0. The standard InChI is InChI=1S/C24H28N2O4/c1-24(2,3)19-11-9-16(10-12-19)22(28)25-14-21(27)26-15-18-8-6-5-7-17(18)13-20(26)23(29)30-4/h5-12,20H,13-15H2,1-4H3,(H,25,28). The van der Waals surface area contributed by atoms with Gasteiger partial charge in [-0.15, -0.1) is 0 Å². The highest BCUT2D eigenvalue weighted by Crippen LogP contribution is 2.24. The number of rotatable bonds is 4. The summed E-state index contributed by atoms with van der Waals surface area (Å²) in [5.74, 6) is -1.10. The van der Waals surface area contributed by atoms with Crippen LogP contribution in [0.4, 0.5) is 0 Å². The number of nitrogens with one attached hydrogen (secondary N) is 1. The first-order valence-corrected chi connectivity index (χ1v) is 10.0. The largest absolute Gasteiger partial charge is 0.467 e. The van der Waals surface area contributed by atoms with Crippen LogP contribution in [0.2, 0.25) is 0 Å². The van der Waals surface area contributed by atoms with Crippen LogP contribution in [0.1, 0.15) is 47.8 Å². The highest BCUT2D eigenvalue weighted by atomic mass is 16.5. The number of carbonyl (C=O) groups excluding carboxylic acids is 3. The molecule has 0 radical (unpaired) electrons. The maximum Gasteiger partial charge on any atom is 0.328 e. The van der Waals surface area contributed by atoms with Gasteiger partial charge in [-0.3, -0.25) is 9.59 Å². The van der Waals surface area contributed by atoms with Crippen molar-refractivity contribution in [1.82, 2.24) is 10.2 Å². The summed E-state index contributed by atoms with van der Waals surface area (Å²) in [6, 6.07) is 14.4. The van der Waals surface area contributed by atoms with Crippen molar-refractivity contribution in [3.63, 3.8) is 0 Å². The van der Waals surface area contributed by atoms with E-state index in [2.05, 4.69) is 26.1 Å². The zero-order valence-electron chi connectivity index (χ0n) is 17.9. The number of esters is 1. The van der Waals surface area contributed by atoms with Gasteiger partial charge in [-0.25, -0.2) is 4.79 Å². The van der Waals surface area contributed by atoms with Crippen LogP contribution in [-0.2, 0) is 32.7 Å². The molecule has 6 nitrogen and oxygen atoms in total. The van der Waals surface area contributed by atoms with Crippen molar-refractivity contribution in [3.8, 4) is 0 Å². The van der Waals surface area contributed by atoms with E-state index in [0.717, 1.165) is 16.7 Å². The number of nitrogens with zero attached hydrogens (tertiary/aromatic N) is 1. The molecule has 1 aliphatic rings. The maximum absolute atomic E-state index is 12.9. The Morgan fingerprint density at radius 3 is 2.27 bits per heavy atom. The van der Waals surface area contributed by atoms with E-state index in [4.69, 9.17) is 4.74 Å². The predicted molar refractivity (Wildman–Crippen MR) is 114 cm³/mol. The molecule has 2 amide bonds. The smallest absolute Gasteiger partial charge is 0.328 e. The minimum atomic E-state index is -0.694. The monoisotopic (exact) mass is 408 g/mol. The van der Waals surface area contributed by atoms with E-state index in [1.54, 1.807) is 12.1 Å². The Morgan fingerprint density at radius 2 is 1.67 bits per heavy atom. The van der Waals surface area contributed by atoms with E-state index >= 15 is 0 Å². The molecule has 6 heteroatoms. The summed E-state index contributed by atoms with van der Waals surface area (Å²) in [4.78, 5) is 39.1. The molecule has 158 valence electrons. The Bertz CT molecular complexity index is 944. The van der Waals surface area contributed by atoms with Crippen LogP contribution in [0.5, 0.6) is 0 Å². The Kier molecular flexibility index (Phi) is 6.25. The van der Waals surface area contributed by atoms with Crippen LogP contribution < -0.4 is 5.32 Å². The normalized spacial score (nSPS) is 15.9. The van der Waals surface area contributed by atoms with Crippen molar-refractivity contribution in [3.05, 3.63) is 70.8 Å². The van der Waals surface area contributed by atoms with Gasteiger partial charge in [-0.05, 0) is 34.2 Å². The molecule has 0 fully saturated rings. The first kappa shape index (κ1) is 21.6. The second kappa shape index (κ2) is 8.69. The highest BCUT2D eigenvalue weighted by molar-refractivity contribution is 5.97. The molecule has 3 rings (SSSR count). The lowest BCUT2D eigenvalue weighted by Gasteiger charge is -2.35. The van der Waals surface area contributed by atoms with Crippen molar-refractivity contribution < 1.29 is 19.1 Å². The Morgan fingerprint density at radius 1 is 1.03 bits per heavy atom. The average Bonchev–Trinajstić information content (AvgIpc) is 2.75. The predicted octanol–water partition coefficient (Wildman–Crippen LogP) is 2.84. The van der Waals surface area contributed by atoms with Crippen LogP contribution in [0.15, 0.2) is 48.5 Å². The molecule has 0 aliphatic carbocycles. The van der Waals surface area contributed by atoms with Crippen LogP contribution in [0.3, 0.4) is 0 Å². The van der Waals surface area contributed by atoms with Crippen molar-refractivity contribution in [2.24, 2.45) is 0 Å². The number of amides is 2. The van der Waals surface area contributed by atoms with Crippen LogP contribution in [0, 0.1) is 0 Å². The molecule has 2 aromatic rings. The Labute approximate surface area is 177 Å². The van der Waals surface area contributed by atoms with Gasteiger partial charge < -0.3 is 15.0 Å². The second-order valence-corrected chi connectivity index (χ2v) is 8.54. The first-order valence-electron chi connectivity index (χ1n) is 10.0. The van der Waals surface area contributed by atoms with Crippen molar-refractivity contribution in [2.45, 2.75) is 45.2 Å². The van der Waals surface area contributed by atoms with Crippen molar-refractivity contribution in [1.29, 1.82) is 0 Å². The van der Waals surface area contributed by atoms with Gasteiger partial charge in [-0.2, -0.15) is 0 Å². The van der Waals surface area contributed by atoms with Crippen molar-refractivity contribution in [2.75, 3.05) is 13.7 Å². The second-order valence-electron chi connectivity index (χ2n) is 8.54. The molecule has 1 heterocycles. The number of ether oxygens (including phenoxy) is 1. The molecule has 0 spiro atoms. The molecule has 0 saturated heterocycles. The molecule has 0 saturated carbocycles. The zero-order valence-corrected chi connectivity index (χ0v) is 17.9. The van der Waals surface area contributed by atoms with Gasteiger partial charge in [0.2, 0.25) is 5.91 Å². The first-order chi connectivity index (χ1) is 14.2. The zero-order chi connectivity index (χ0) is 21.9. The summed E-state index contributed by atoms with van der Waals surface area (Å²) in [7, 11) is 1.31. The van der Waals surface area contributed by atoms with Gasteiger partial charge in [0.15, 0.2) is 0 Å². The van der Waals surface area contributed by atoms with E-state index in [1.807, 2.05) is 36.4 Å². The van der Waals surface area contributed by atoms with Gasteiger partial charge in [0.25, 0.3) is 5.91 Å². The lowest BCUT2D eigenvalue weighted by Crippen LogP contribution is -2.52. The third-order valence-electron chi connectivity index (χ3n) is 5.46. The number of methoxy groups -OCH3 is 1. The summed E-state index contributed by atoms with van der Waals surface area (Å²) in [5.41, 5.74) is 3.64. The molecule has 30 heavy (non-hydrogen) atoms.